The second-order valence-electron chi connectivity index (χ2n) is 5.09. The first-order chi connectivity index (χ1) is 9.43. The second kappa shape index (κ2) is 5.99. The van der Waals surface area contributed by atoms with Gasteiger partial charge in [-0.2, -0.15) is 13.2 Å². The van der Waals surface area contributed by atoms with Gasteiger partial charge in [0.25, 0.3) is 0 Å². The van der Waals surface area contributed by atoms with E-state index >= 15 is 0 Å². The lowest BCUT2D eigenvalue weighted by atomic mass is 9.95. The van der Waals surface area contributed by atoms with Crippen LogP contribution in [0.2, 0.25) is 0 Å². The molecule has 0 unspecified atom stereocenters. The maximum Gasteiger partial charge on any atom is 0.391 e. The Morgan fingerprint density at radius 2 is 1.85 bits per heavy atom. The first-order valence-corrected chi connectivity index (χ1v) is 6.72. The first kappa shape index (κ1) is 15.1. The van der Waals surface area contributed by atoms with E-state index in [0.29, 0.717) is 18.7 Å². The van der Waals surface area contributed by atoms with Crippen molar-refractivity contribution in [2.24, 2.45) is 11.7 Å². The minimum atomic E-state index is -4.15. The molecule has 1 fully saturated rings. The lowest BCUT2D eigenvalue weighted by Gasteiger charge is -2.35. The van der Waals surface area contributed by atoms with E-state index in [1.807, 2.05) is 0 Å². The van der Waals surface area contributed by atoms with Crippen molar-refractivity contribution in [1.82, 2.24) is 0 Å². The molecule has 1 saturated heterocycles. The number of nitrogens with zero attached hydrogens (tertiary/aromatic N) is 1. The van der Waals surface area contributed by atoms with Gasteiger partial charge in [-0.3, -0.25) is 0 Å². The molecule has 20 heavy (non-hydrogen) atoms. The number of hydrogen-bond donors (Lipinski definition) is 1. The van der Waals surface area contributed by atoms with Crippen LogP contribution in [0, 0.1) is 11.7 Å². The van der Waals surface area contributed by atoms with Gasteiger partial charge >= 0.3 is 6.18 Å². The van der Waals surface area contributed by atoms with Crippen molar-refractivity contribution in [3.8, 4) is 0 Å². The number of anilines is 1. The monoisotopic (exact) mass is 290 g/mol. The lowest BCUT2D eigenvalue weighted by Crippen LogP contribution is -2.39. The maximum absolute atomic E-state index is 14.0. The van der Waals surface area contributed by atoms with Crippen LogP contribution >= 0.6 is 0 Å². The van der Waals surface area contributed by atoms with Crippen LogP contribution in [0.5, 0.6) is 0 Å². The van der Waals surface area contributed by atoms with E-state index in [4.69, 9.17) is 5.73 Å². The molecule has 0 atom stereocenters. The Morgan fingerprint density at radius 3 is 2.40 bits per heavy atom. The van der Waals surface area contributed by atoms with E-state index in [-0.39, 0.29) is 31.7 Å². The molecular weight excluding hydrogens is 272 g/mol. The van der Waals surface area contributed by atoms with Gasteiger partial charge in [-0.05, 0) is 37.4 Å². The number of hydrogen-bond acceptors (Lipinski definition) is 2. The van der Waals surface area contributed by atoms with Gasteiger partial charge in [0.05, 0.1) is 11.6 Å². The van der Waals surface area contributed by atoms with Crippen molar-refractivity contribution < 1.29 is 17.6 Å². The Hall–Kier alpha value is -1.30. The van der Waals surface area contributed by atoms with Crippen LogP contribution in [0.25, 0.3) is 0 Å². The van der Waals surface area contributed by atoms with Gasteiger partial charge in [0, 0.05) is 13.1 Å². The van der Waals surface area contributed by atoms with E-state index in [1.54, 1.807) is 17.0 Å². The third kappa shape index (κ3) is 3.23. The molecule has 0 amide bonds. The Morgan fingerprint density at radius 1 is 1.20 bits per heavy atom. The van der Waals surface area contributed by atoms with Crippen LogP contribution in [0.4, 0.5) is 23.2 Å². The third-order valence-corrected chi connectivity index (χ3v) is 3.76. The molecule has 0 aliphatic carbocycles. The minimum absolute atomic E-state index is 0.0138. The fourth-order valence-corrected chi connectivity index (χ4v) is 2.70. The maximum atomic E-state index is 14.0. The summed E-state index contributed by atoms with van der Waals surface area (Å²) in [6.07, 6.45) is -3.60. The van der Waals surface area contributed by atoms with Gasteiger partial charge in [-0.1, -0.05) is 12.1 Å². The molecule has 0 spiro atoms. The number of halogens is 4. The average Bonchev–Trinajstić information content (AvgIpc) is 2.38. The van der Waals surface area contributed by atoms with E-state index in [1.165, 1.54) is 6.07 Å². The quantitative estimate of drug-likeness (QED) is 0.867. The fraction of sp³-hybridized carbons (Fsp3) is 0.571. The van der Waals surface area contributed by atoms with Gasteiger partial charge in [0.2, 0.25) is 0 Å². The van der Waals surface area contributed by atoms with Crippen LogP contribution in [0.1, 0.15) is 18.4 Å². The van der Waals surface area contributed by atoms with Gasteiger partial charge in [-0.15, -0.1) is 0 Å². The summed E-state index contributed by atoms with van der Waals surface area (Å²) in [4.78, 5) is 1.71. The summed E-state index contributed by atoms with van der Waals surface area (Å²) in [5.41, 5.74) is 6.68. The van der Waals surface area contributed by atoms with Crippen molar-refractivity contribution in [3.63, 3.8) is 0 Å². The van der Waals surface area contributed by atoms with Gasteiger partial charge < -0.3 is 10.6 Å². The van der Waals surface area contributed by atoms with Crippen molar-refractivity contribution in [3.05, 3.63) is 29.6 Å². The zero-order chi connectivity index (χ0) is 14.8. The molecule has 6 heteroatoms. The summed E-state index contributed by atoms with van der Waals surface area (Å²) < 4.78 is 51.9. The largest absolute Gasteiger partial charge is 0.391 e. The molecule has 0 aromatic heterocycles. The molecular formula is C14H18F4N2. The molecule has 2 N–H and O–H groups in total. The van der Waals surface area contributed by atoms with Crippen LogP contribution in [-0.4, -0.2) is 25.8 Å². The fourth-order valence-electron chi connectivity index (χ4n) is 2.70. The minimum Gasteiger partial charge on any atom is -0.369 e. The van der Waals surface area contributed by atoms with Crippen LogP contribution < -0.4 is 10.6 Å². The number of piperidine rings is 1. The van der Waals surface area contributed by atoms with E-state index < -0.39 is 12.1 Å². The molecule has 0 bridgehead atoms. The summed E-state index contributed by atoms with van der Waals surface area (Å²) in [5, 5.41) is 0. The van der Waals surface area contributed by atoms with Gasteiger partial charge in [-0.25, -0.2) is 4.39 Å². The standard InChI is InChI=1S/C14H18F4N2/c15-12-3-1-2-10(4-7-19)13(12)20-8-5-11(6-9-20)14(16,17)18/h1-3,11H,4-9,19H2. The molecule has 1 aliphatic rings. The van der Waals surface area contributed by atoms with Crippen molar-refractivity contribution in [1.29, 1.82) is 0 Å². The highest BCUT2D eigenvalue weighted by molar-refractivity contribution is 5.55. The van der Waals surface area contributed by atoms with Crippen LogP contribution in [-0.2, 0) is 6.42 Å². The van der Waals surface area contributed by atoms with E-state index in [9.17, 15) is 17.6 Å². The van der Waals surface area contributed by atoms with Crippen LogP contribution in [0.3, 0.4) is 0 Å². The third-order valence-electron chi connectivity index (χ3n) is 3.76. The first-order valence-electron chi connectivity index (χ1n) is 6.72. The lowest BCUT2D eigenvalue weighted by molar-refractivity contribution is -0.179. The Bertz CT molecular complexity index is 451. The number of benzene rings is 1. The topological polar surface area (TPSA) is 29.3 Å². The summed E-state index contributed by atoms with van der Waals surface area (Å²) in [5.74, 6) is -1.66. The Kier molecular flexibility index (Phi) is 4.52. The molecule has 1 aliphatic heterocycles. The average molecular weight is 290 g/mol. The highest BCUT2D eigenvalue weighted by Gasteiger charge is 2.41. The zero-order valence-corrected chi connectivity index (χ0v) is 11.1. The normalized spacial score (nSPS) is 17.6. The summed E-state index contributed by atoms with van der Waals surface area (Å²) >= 11 is 0. The molecule has 2 rings (SSSR count). The van der Waals surface area contributed by atoms with Gasteiger partial charge in [0.15, 0.2) is 0 Å². The number of nitrogens with two attached hydrogens (primary N) is 1. The van der Waals surface area contributed by atoms with Crippen molar-refractivity contribution >= 4 is 5.69 Å². The van der Waals surface area contributed by atoms with Gasteiger partial charge in [0.1, 0.15) is 5.82 Å². The zero-order valence-electron chi connectivity index (χ0n) is 11.1. The molecule has 2 nitrogen and oxygen atoms in total. The molecule has 1 heterocycles. The van der Waals surface area contributed by atoms with Crippen molar-refractivity contribution in [2.45, 2.75) is 25.4 Å². The van der Waals surface area contributed by atoms with Crippen LogP contribution in [0.15, 0.2) is 18.2 Å². The number of rotatable bonds is 3. The molecule has 1 aromatic carbocycles. The summed E-state index contributed by atoms with van der Waals surface area (Å²) in [7, 11) is 0. The Balaban J connectivity index is 2.14. The SMILES string of the molecule is NCCc1cccc(F)c1N1CCC(C(F)(F)F)CC1. The highest BCUT2D eigenvalue weighted by Crippen LogP contribution is 2.36. The predicted molar refractivity (Wildman–Crippen MR) is 70.2 cm³/mol. The Labute approximate surface area is 115 Å². The van der Waals surface area contributed by atoms with E-state index in [2.05, 4.69) is 0 Å². The summed E-state index contributed by atoms with van der Waals surface area (Å²) in [6, 6.07) is 4.72. The molecule has 0 saturated carbocycles. The number of alkyl halides is 3. The smallest absolute Gasteiger partial charge is 0.369 e. The van der Waals surface area contributed by atoms with E-state index in [0.717, 1.165) is 5.56 Å². The number of para-hydroxylation sites is 1. The molecule has 1 aromatic rings. The van der Waals surface area contributed by atoms with Crippen molar-refractivity contribution in [2.75, 3.05) is 24.5 Å². The molecule has 0 radical (unpaired) electrons. The predicted octanol–water partition coefficient (Wildman–Crippen LogP) is 3.11. The summed E-state index contributed by atoms with van der Waals surface area (Å²) in [6.45, 7) is 0.834. The second-order valence-corrected chi connectivity index (χ2v) is 5.09. The highest BCUT2D eigenvalue weighted by atomic mass is 19.4. The molecule has 112 valence electrons.